The maximum atomic E-state index is 12.2. The monoisotopic (exact) mass is 277 g/mol. The first kappa shape index (κ1) is 16.2. The van der Waals surface area contributed by atoms with E-state index < -0.39 is 11.4 Å². The van der Waals surface area contributed by atoms with Gasteiger partial charge in [0.2, 0.25) is 5.91 Å². The van der Waals surface area contributed by atoms with Crippen LogP contribution in [0.4, 0.5) is 0 Å². The van der Waals surface area contributed by atoms with Crippen molar-refractivity contribution in [2.75, 3.05) is 6.54 Å². The quantitative estimate of drug-likeness (QED) is 0.730. The number of nitrogens with two attached hydrogens (primary N) is 2. The van der Waals surface area contributed by atoms with E-state index in [4.69, 9.17) is 11.5 Å². The van der Waals surface area contributed by atoms with Crippen LogP contribution in [0.25, 0.3) is 0 Å². The molecule has 0 aliphatic heterocycles. The highest BCUT2D eigenvalue weighted by Gasteiger charge is 2.26. The summed E-state index contributed by atoms with van der Waals surface area (Å²) in [5.74, 6) is -0.278. The van der Waals surface area contributed by atoms with Crippen LogP contribution in [0.15, 0.2) is 24.3 Å². The number of amides is 2. The van der Waals surface area contributed by atoms with Gasteiger partial charge < -0.3 is 16.8 Å². The summed E-state index contributed by atoms with van der Waals surface area (Å²) in [5, 5.41) is 2.96. The molecule has 0 radical (unpaired) electrons. The van der Waals surface area contributed by atoms with E-state index >= 15 is 0 Å². The zero-order valence-corrected chi connectivity index (χ0v) is 12.3. The molecular formula is C15H23N3O2. The lowest BCUT2D eigenvalue weighted by atomic mass is 9.90. The van der Waals surface area contributed by atoms with Crippen LogP contribution < -0.4 is 16.8 Å². The van der Waals surface area contributed by atoms with Crippen LogP contribution >= 0.6 is 0 Å². The average Bonchev–Trinajstić information content (AvgIpc) is 2.37. The number of hydrogen-bond acceptors (Lipinski definition) is 3. The first-order chi connectivity index (χ1) is 9.27. The molecule has 1 aromatic carbocycles. The fraction of sp³-hybridized carbons (Fsp3) is 0.467. The highest BCUT2D eigenvalue weighted by molar-refractivity contribution is 5.97. The molecule has 5 nitrogen and oxygen atoms in total. The van der Waals surface area contributed by atoms with Crippen LogP contribution in [0.3, 0.4) is 0 Å². The molecule has 0 saturated carbocycles. The van der Waals surface area contributed by atoms with Crippen molar-refractivity contribution in [1.29, 1.82) is 0 Å². The Kier molecular flexibility index (Phi) is 5.27. The van der Waals surface area contributed by atoms with Gasteiger partial charge >= 0.3 is 0 Å². The van der Waals surface area contributed by atoms with Crippen molar-refractivity contribution >= 4 is 11.8 Å². The summed E-state index contributed by atoms with van der Waals surface area (Å²) in [7, 11) is 0. The van der Waals surface area contributed by atoms with E-state index in [9.17, 15) is 9.59 Å². The zero-order chi connectivity index (χ0) is 15.3. The topological polar surface area (TPSA) is 98.2 Å². The predicted molar refractivity (Wildman–Crippen MR) is 79.3 cm³/mol. The molecule has 0 fully saturated rings. The number of carbonyl (C=O) groups excluding carboxylic acids is 2. The lowest BCUT2D eigenvalue weighted by molar-refractivity contribution is 0.0896. The summed E-state index contributed by atoms with van der Waals surface area (Å²) in [6.45, 7) is 6.47. The fourth-order valence-electron chi connectivity index (χ4n) is 2.22. The maximum absolute atomic E-state index is 12.2. The number of primary amides is 1. The van der Waals surface area contributed by atoms with E-state index in [0.29, 0.717) is 23.6 Å². The zero-order valence-electron chi connectivity index (χ0n) is 12.3. The Morgan fingerprint density at radius 2 is 1.70 bits per heavy atom. The molecule has 0 heterocycles. The number of nitrogens with one attached hydrogen (secondary N) is 1. The average molecular weight is 277 g/mol. The number of rotatable bonds is 6. The molecule has 0 spiro atoms. The molecule has 110 valence electrons. The molecular weight excluding hydrogens is 254 g/mol. The Morgan fingerprint density at radius 1 is 1.20 bits per heavy atom. The minimum atomic E-state index is -0.511. The van der Waals surface area contributed by atoms with Gasteiger partial charge in [0.25, 0.3) is 5.91 Å². The van der Waals surface area contributed by atoms with Gasteiger partial charge in [0.15, 0.2) is 0 Å². The molecule has 0 saturated heterocycles. The van der Waals surface area contributed by atoms with Crippen LogP contribution in [0.2, 0.25) is 0 Å². The van der Waals surface area contributed by atoms with Crippen molar-refractivity contribution < 1.29 is 9.59 Å². The highest BCUT2D eigenvalue weighted by atomic mass is 16.2. The van der Waals surface area contributed by atoms with E-state index in [2.05, 4.69) is 19.2 Å². The fourth-order valence-corrected chi connectivity index (χ4v) is 2.22. The molecule has 0 aliphatic carbocycles. The normalized spacial score (nSPS) is 13.8. The second kappa shape index (κ2) is 6.52. The van der Waals surface area contributed by atoms with Crippen molar-refractivity contribution in [3.8, 4) is 0 Å². The molecule has 1 unspecified atom stereocenters. The number of carbonyl (C=O) groups is 2. The Bertz CT molecular complexity index is 482. The molecule has 0 bridgehead atoms. The lowest BCUT2D eigenvalue weighted by Crippen LogP contribution is -2.52. The predicted octanol–water partition coefficient (Wildman–Crippen LogP) is 1.28. The molecule has 1 rings (SSSR count). The highest BCUT2D eigenvalue weighted by Crippen LogP contribution is 2.16. The van der Waals surface area contributed by atoms with Crippen molar-refractivity contribution in [2.45, 2.75) is 32.7 Å². The van der Waals surface area contributed by atoms with Crippen LogP contribution in [-0.2, 0) is 0 Å². The van der Waals surface area contributed by atoms with E-state index in [1.54, 1.807) is 24.3 Å². The SMILES string of the molecule is CC(C)CC(C)(CN)NC(=O)c1ccc(C(N)=O)cc1. The van der Waals surface area contributed by atoms with Crippen molar-refractivity contribution in [2.24, 2.45) is 17.4 Å². The van der Waals surface area contributed by atoms with Crippen molar-refractivity contribution in [3.63, 3.8) is 0 Å². The molecule has 5 N–H and O–H groups in total. The largest absolute Gasteiger partial charge is 0.366 e. The summed E-state index contributed by atoms with van der Waals surface area (Å²) in [6, 6.07) is 6.25. The second-order valence-electron chi connectivity index (χ2n) is 5.76. The molecule has 0 aromatic heterocycles. The minimum Gasteiger partial charge on any atom is -0.366 e. The Labute approximate surface area is 119 Å². The standard InChI is InChI=1S/C15H23N3O2/c1-10(2)8-15(3,9-16)18-14(20)12-6-4-11(5-7-12)13(17)19/h4-7,10H,8-9,16H2,1-3H3,(H2,17,19)(H,18,20). The van der Waals surface area contributed by atoms with Gasteiger partial charge in [-0.25, -0.2) is 0 Å². The third-order valence-electron chi connectivity index (χ3n) is 3.16. The van der Waals surface area contributed by atoms with Gasteiger partial charge in [0.1, 0.15) is 0 Å². The maximum Gasteiger partial charge on any atom is 0.251 e. The molecule has 5 heteroatoms. The molecule has 0 aliphatic rings. The third-order valence-corrected chi connectivity index (χ3v) is 3.16. The van der Waals surface area contributed by atoms with Gasteiger partial charge in [0.05, 0.1) is 0 Å². The molecule has 2 amide bonds. The first-order valence-corrected chi connectivity index (χ1v) is 6.70. The van der Waals surface area contributed by atoms with Crippen LogP contribution in [0.5, 0.6) is 0 Å². The lowest BCUT2D eigenvalue weighted by Gasteiger charge is -2.31. The Hall–Kier alpha value is -1.88. The molecule has 1 aromatic rings. The van der Waals surface area contributed by atoms with E-state index in [1.807, 2.05) is 6.92 Å². The van der Waals surface area contributed by atoms with Gasteiger partial charge in [0, 0.05) is 23.2 Å². The molecule has 20 heavy (non-hydrogen) atoms. The van der Waals surface area contributed by atoms with Gasteiger partial charge in [-0.1, -0.05) is 13.8 Å². The summed E-state index contributed by atoms with van der Waals surface area (Å²) in [4.78, 5) is 23.2. The summed E-state index contributed by atoms with van der Waals surface area (Å²) in [5.41, 5.74) is 11.4. The van der Waals surface area contributed by atoms with Gasteiger partial charge in [-0.05, 0) is 43.5 Å². The van der Waals surface area contributed by atoms with Gasteiger partial charge in [-0.15, -0.1) is 0 Å². The second-order valence-corrected chi connectivity index (χ2v) is 5.76. The molecule has 1 atom stereocenters. The Balaban J connectivity index is 2.81. The summed E-state index contributed by atoms with van der Waals surface area (Å²) in [6.07, 6.45) is 0.800. The van der Waals surface area contributed by atoms with Crippen molar-refractivity contribution in [1.82, 2.24) is 5.32 Å². The van der Waals surface area contributed by atoms with Gasteiger partial charge in [-0.3, -0.25) is 9.59 Å². The Morgan fingerprint density at radius 3 is 2.10 bits per heavy atom. The van der Waals surface area contributed by atoms with Crippen LogP contribution in [0, 0.1) is 5.92 Å². The minimum absolute atomic E-state index is 0.199. The van der Waals surface area contributed by atoms with E-state index in [1.165, 1.54) is 0 Å². The third kappa shape index (κ3) is 4.35. The van der Waals surface area contributed by atoms with Crippen LogP contribution in [-0.4, -0.2) is 23.9 Å². The van der Waals surface area contributed by atoms with Crippen LogP contribution in [0.1, 0.15) is 47.9 Å². The number of hydrogen-bond donors (Lipinski definition) is 3. The summed E-state index contributed by atoms with van der Waals surface area (Å²) >= 11 is 0. The van der Waals surface area contributed by atoms with Crippen molar-refractivity contribution in [3.05, 3.63) is 35.4 Å². The number of benzene rings is 1. The smallest absolute Gasteiger partial charge is 0.251 e. The van der Waals surface area contributed by atoms with Gasteiger partial charge in [-0.2, -0.15) is 0 Å². The van der Waals surface area contributed by atoms with E-state index in [0.717, 1.165) is 6.42 Å². The first-order valence-electron chi connectivity index (χ1n) is 6.70. The van der Waals surface area contributed by atoms with E-state index in [-0.39, 0.29) is 5.91 Å². The summed E-state index contributed by atoms with van der Waals surface area (Å²) < 4.78 is 0.